The molecule has 2 heterocycles. The van der Waals surface area contributed by atoms with E-state index < -0.39 is 0 Å². The summed E-state index contributed by atoms with van der Waals surface area (Å²) in [5.74, 6) is 0.845. The zero-order valence-corrected chi connectivity index (χ0v) is 15.9. The maximum absolute atomic E-state index is 6.08. The van der Waals surface area contributed by atoms with Crippen molar-refractivity contribution in [2.45, 2.75) is 45.4 Å². The van der Waals surface area contributed by atoms with Gasteiger partial charge in [-0.3, -0.25) is 4.98 Å². The highest BCUT2D eigenvalue weighted by atomic mass is 16.3. The summed E-state index contributed by atoms with van der Waals surface area (Å²) < 4.78 is 6.08. The van der Waals surface area contributed by atoms with E-state index in [9.17, 15) is 0 Å². The van der Waals surface area contributed by atoms with Crippen LogP contribution in [0.2, 0.25) is 0 Å². The van der Waals surface area contributed by atoms with Crippen LogP contribution in [0.1, 0.15) is 43.2 Å². The Kier molecular flexibility index (Phi) is 4.20. The van der Waals surface area contributed by atoms with Gasteiger partial charge in [-0.05, 0) is 60.7 Å². The fourth-order valence-corrected chi connectivity index (χ4v) is 4.58. The summed E-state index contributed by atoms with van der Waals surface area (Å²) in [5.41, 5.74) is 6.76. The lowest BCUT2D eigenvalue weighted by atomic mass is 9.85. The maximum atomic E-state index is 6.08. The predicted octanol–water partition coefficient (Wildman–Crippen LogP) is 7.08. The van der Waals surface area contributed by atoms with E-state index in [-0.39, 0.29) is 0 Å². The number of furan rings is 1. The molecule has 5 rings (SSSR count). The maximum Gasteiger partial charge on any atom is 0.138 e. The largest absolute Gasteiger partial charge is 0.456 e. The molecule has 0 N–H and O–H groups in total. The zero-order chi connectivity index (χ0) is 18.2. The van der Waals surface area contributed by atoms with Crippen molar-refractivity contribution in [3.05, 3.63) is 65.9 Å². The molecule has 1 aliphatic rings. The Balaban J connectivity index is 1.52. The number of fused-ring (bicyclic) bond motifs is 3. The lowest BCUT2D eigenvalue weighted by Gasteiger charge is -2.21. The topological polar surface area (TPSA) is 26.0 Å². The van der Waals surface area contributed by atoms with Crippen LogP contribution in [0.4, 0.5) is 0 Å². The Morgan fingerprint density at radius 2 is 1.85 bits per heavy atom. The molecule has 0 atom stereocenters. The van der Waals surface area contributed by atoms with Crippen LogP contribution in [0, 0.1) is 12.8 Å². The number of hydrogen-bond acceptors (Lipinski definition) is 2. The van der Waals surface area contributed by atoms with Gasteiger partial charge in [-0.25, -0.2) is 0 Å². The van der Waals surface area contributed by atoms with Gasteiger partial charge in [0.25, 0.3) is 0 Å². The summed E-state index contributed by atoms with van der Waals surface area (Å²) in [6.45, 7) is 2.10. The van der Waals surface area contributed by atoms with Crippen molar-refractivity contribution < 1.29 is 4.42 Å². The fraction of sp³-hybridized carbons (Fsp3) is 0.320. The normalized spacial score (nSPS) is 15.6. The second-order valence-electron chi connectivity index (χ2n) is 8.02. The van der Waals surface area contributed by atoms with Gasteiger partial charge in [-0.2, -0.15) is 0 Å². The van der Waals surface area contributed by atoms with Crippen LogP contribution in [0.3, 0.4) is 0 Å². The van der Waals surface area contributed by atoms with Crippen molar-refractivity contribution in [3.8, 4) is 11.3 Å². The van der Waals surface area contributed by atoms with Crippen molar-refractivity contribution in [3.63, 3.8) is 0 Å². The third kappa shape index (κ3) is 3.14. The minimum atomic E-state index is 0.845. The predicted molar refractivity (Wildman–Crippen MR) is 112 cm³/mol. The lowest BCUT2D eigenvalue weighted by Crippen LogP contribution is -2.09. The van der Waals surface area contributed by atoms with E-state index in [1.807, 2.05) is 6.20 Å². The second kappa shape index (κ2) is 6.84. The first-order valence-electron chi connectivity index (χ1n) is 10.1. The Labute approximate surface area is 160 Å². The molecule has 0 saturated heterocycles. The molecule has 27 heavy (non-hydrogen) atoms. The Morgan fingerprint density at radius 3 is 2.74 bits per heavy atom. The lowest BCUT2D eigenvalue weighted by molar-refractivity contribution is 0.356. The standard InChI is InChI=1S/C25H25NO/c1-17-6-5-9-21-22-16-20(10-11-24(22)27-25(17)21)23-15-19(12-13-26-23)14-18-7-3-2-4-8-18/h5-6,9-13,15-16,18H,2-4,7-8,14H2,1H3. The van der Waals surface area contributed by atoms with Crippen molar-refractivity contribution in [2.75, 3.05) is 0 Å². The molecule has 1 fully saturated rings. The summed E-state index contributed by atoms with van der Waals surface area (Å²) in [6.07, 6.45) is 10.1. The van der Waals surface area contributed by atoms with Crippen molar-refractivity contribution in [2.24, 2.45) is 5.92 Å². The molecule has 2 aromatic heterocycles. The van der Waals surface area contributed by atoms with Crippen LogP contribution in [0.15, 0.2) is 59.1 Å². The molecule has 2 heteroatoms. The van der Waals surface area contributed by atoms with E-state index in [2.05, 4.69) is 60.4 Å². The average Bonchev–Trinajstić information content (AvgIpc) is 3.08. The summed E-state index contributed by atoms with van der Waals surface area (Å²) in [4.78, 5) is 4.66. The molecule has 0 amide bonds. The quantitative estimate of drug-likeness (QED) is 0.392. The number of para-hydroxylation sites is 1. The minimum Gasteiger partial charge on any atom is -0.456 e. The van der Waals surface area contributed by atoms with Gasteiger partial charge in [0.15, 0.2) is 0 Å². The van der Waals surface area contributed by atoms with Gasteiger partial charge in [0.05, 0.1) is 5.69 Å². The van der Waals surface area contributed by atoms with Gasteiger partial charge < -0.3 is 4.42 Å². The van der Waals surface area contributed by atoms with Gasteiger partial charge in [0.1, 0.15) is 11.2 Å². The van der Waals surface area contributed by atoms with E-state index in [4.69, 9.17) is 4.42 Å². The molecule has 2 aromatic carbocycles. The fourth-order valence-electron chi connectivity index (χ4n) is 4.58. The van der Waals surface area contributed by atoms with Gasteiger partial charge in [-0.1, -0.05) is 50.3 Å². The molecule has 136 valence electrons. The average molecular weight is 355 g/mol. The minimum absolute atomic E-state index is 0.845. The van der Waals surface area contributed by atoms with Crippen LogP contribution in [-0.2, 0) is 6.42 Å². The molecule has 0 aliphatic heterocycles. The highest BCUT2D eigenvalue weighted by Gasteiger charge is 2.15. The Bertz CT molecular complexity index is 1100. The van der Waals surface area contributed by atoms with Gasteiger partial charge in [-0.15, -0.1) is 0 Å². The van der Waals surface area contributed by atoms with Crippen molar-refractivity contribution >= 4 is 21.9 Å². The van der Waals surface area contributed by atoms with E-state index >= 15 is 0 Å². The van der Waals surface area contributed by atoms with Crippen LogP contribution in [-0.4, -0.2) is 4.98 Å². The molecule has 2 nitrogen and oxygen atoms in total. The van der Waals surface area contributed by atoms with E-state index in [1.165, 1.54) is 60.4 Å². The summed E-state index contributed by atoms with van der Waals surface area (Å²) >= 11 is 0. The highest BCUT2D eigenvalue weighted by molar-refractivity contribution is 6.07. The van der Waals surface area contributed by atoms with Crippen LogP contribution < -0.4 is 0 Å². The highest BCUT2D eigenvalue weighted by Crippen LogP contribution is 2.34. The number of nitrogens with zero attached hydrogens (tertiary/aromatic N) is 1. The number of rotatable bonds is 3. The van der Waals surface area contributed by atoms with Crippen molar-refractivity contribution in [1.82, 2.24) is 4.98 Å². The summed E-state index contributed by atoms with van der Waals surface area (Å²) in [6, 6.07) is 17.3. The van der Waals surface area contributed by atoms with E-state index in [0.29, 0.717) is 0 Å². The smallest absolute Gasteiger partial charge is 0.138 e. The Morgan fingerprint density at radius 1 is 0.963 bits per heavy atom. The first-order chi connectivity index (χ1) is 13.3. The molecular formula is C25H25NO. The van der Waals surface area contributed by atoms with E-state index in [0.717, 1.165) is 28.3 Å². The first kappa shape index (κ1) is 16.6. The number of pyridine rings is 1. The zero-order valence-electron chi connectivity index (χ0n) is 15.9. The molecule has 0 radical (unpaired) electrons. The second-order valence-corrected chi connectivity index (χ2v) is 8.02. The molecule has 0 unspecified atom stereocenters. The summed E-state index contributed by atoms with van der Waals surface area (Å²) in [7, 11) is 0. The molecule has 0 bridgehead atoms. The van der Waals surface area contributed by atoms with E-state index in [1.54, 1.807) is 0 Å². The van der Waals surface area contributed by atoms with Crippen molar-refractivity contribution in [1.29, 1.82) is 0 Å². The van der Waals surface area contributed by atoms with Crippen LogP contribution >= 0.6 is 0 Å². The number of benzene rings is 2. The number of aromatic nitrogens is 1. The third-order valence-corrected chi connectivity index (χ3v) is 6.06. The third-order valence-electron chi connectivity index (χ3n) is 6.06. The SMILES string of the molecule is Cc1cccc2c1oc1ccc(-c3cc(CC4CCCCC4)ccn3)cc12. The van der Waals surface area contributed by atoms with Gasteiger partial charge >= 0.3 is 0 Å². The van der Waals surface area contributed by atoms with Crippen LogP contribution in [0.25, 0.3) is 33.2 Å². The number of hydrogen-bond donors (Lipinski definition) is 0. The van der Waals surface area contributed by atoms with Gasteiger partial charge in [0.2, 0.25) is 0 Å². The Hall–Kier alpha value is -2.61. The summed E-state index contributed by atoms with van der Waals surface area (Å²) in [5, 5.41) is 2.36. The molecule has 4 aromatic rings. The van der Waals surface area contributed by atoms with Crippen LogP contribution in [0.5, 0.6) is 0 Å². The molecule has 0 spiro atoms. The van der Waals surface area contributed by atoms with Gasteiger partial charge in [0, 0.05) is 22.5 Å². The molecule has 1 aliphatic carbocycles. The molecule has 1 saturated carbocycles. The first-order valence-corrected chi connectivity index (χ1v) is 10.1. The number of aryl methyl sites for hydroxylation is 1. The molecular weight excluding hydrogens is 330 g/mol. The monoisotopic (exact) mass is 355 g/mol.